The van der Waals surface area contributed by atoms with Crippen molar-refractivity contribution in [2.75, 3.05) is 20.8 Å². The minimum atomic E-state index is -0.195. The largest absolute Gasteiger partial charge is 0.493 e. The number of hydrogen-bond donors (Lipinski definition) is 0. The van der Waals surface area contributed by atoms with Crippen molar-refractivity contribution in [1.82, 2.24) is 10.1 Å². The Balaban J connectivity index is 1.52. The molecule has 27 heavy (non-hydrogen) atoms. The van der Waals surface area contributed by atoms with Crippen LogP contribution in [0.2, 0.25) is 0 Å². The normalized spacial score (nSPS) is 19.2. The van der Waals surface area contributed by atoms with E-state index in [9.17, 15) is 0 Å². The Hall–Kier alpha value is -2.86. The van der Waals surface area contributed by atoms with Gasteiger partial charge in [0.25, 0.3) is 5.89 Å². The SMILES string of the molecule is COc1ccc(Cc2noc([C@H]3OCC[C@H]3c3ccccc3)n2)cc1OC. The fourth-order valence-corrected chi connectivity index (χ4v) is 3.50. The maximum Gasteiger partial charge on any atom is 0.256 e. The second-order valence-electron chi connectivity index (χ2n) is 6.51. The Bertz CT molecular complexity index is 894. The van der Waals surface area contributed by atoms with E-state index in [1.807, 2.05) is 36.4 Å². The van der Waals surface area contributed by atoms with E-state index in [1.165, 1.54) is 5.56 Å². The van der Waals surface area contributed by atoms with E-state index in [0.29, 0.717) is 36.2 Å². The Labute approximate surface area is 158 Å². The highest BCUT2D eigenvalue weighted by Crippen LogP contribution is 2.41. The van der Waals surface area contributed by atoms with Crippen LogP contribution in [-0.4, -0.2) is 31.0 Å². The van der Waals surface area contributed by atoms with Crippen LogP contribution in [0.25, 0.3) is 0 Å². The standard InChI is InChI=1S/C21H22N2O4/c1-24-17-9-8-14(12-18(17)25-2)13-19-22-21(27-23-19)20-16(10-11-26-20)15-6-4-3-5-7-15/h3-9,12,16,20H,10-11,13H2,1-2H3/t16-,20-/m0/s1. The molecule has 2 aromatic carbocycles. The van der Waals surface area contributed by atoms with Crippen LogP contribution in [0.1, 0.15) is 41.3 Å². The van der Waals surface area contributed by atoms with E-state index < -0.39 is 0 Å². The molecule has 2 heterocycles. The van der Waals surface area contributed by atoms with Crippen LogP contribution in [0, 0.1) is 0 Å². The predicted octanol–water partition coefficient (Wildman–Crippen LogP) is 3.92. The highest BCUT2D eigenvalue weighted by atomic mass is 16.5. The number of benzene rings is 2. The quantitative estimate of drug-likeness (QED) is 0.659. The molecule has 140 valence electrons. The van der Waals surface area contributed by atoms with Crippen LogP contribution in [0.5, 0.6) is 11.5 Å². The van der Waals surface area contributed by atoms with E-state index in [2.05, 4.69) is 22.3 Å². The Morgan fingerprint density at radius 1 is 1.04 bits per heavy atom. The number of hydrogen-bond acceptors (Lipinski definition) is 6. The number of aromatic nitrogens is 2. The molecule has 6 heteroatoms. The van der Waals surface area contributed by atoms with Gasteiger partial charge < -0.3 is 18.7 Å². The molecule has 2 atom stereocenters. The smallest absolute Gasteiger partial charge is 0.256 e. The van der Waals surface area contributed by atoms with Gasteiger partial charge in [-0.1, -0.05) is 41.6 Å². The Morgan fingerprint density at radius 2 is 1.85 bits per heavy atom. The number of ether oxygens (including phenoxy) is 3. The molecule has 1 aromatic heterocycles. The van der Waals surface area contributed by atoms with Crippen LogP contribution < -0.4 is 9.47 Å². The lowest BCUT2D eigenvalue weighted by atomic mass is 9.92. The van der Waals surface area contributed by atoms with Gasteiger partial charge in [0.2, 0.25) is 0 Å². The van der Waals surface area contributed by atoms with Gasteiger partial charge in [0.1, 0.15) is 6.10 Å². The third-order valence-electron chi connectivity index (χ3n) is 4.86. The Morgan fingerprint density at radius 3 is 2.63 bits per heavy atom. The maximum atomic E-state index is 5.90. The van der Waals surface area contributed by atoms with Gasteiger partial charge in [-0.05, 0) is 29.7 Å². The fraction of sp³-hybridized carbons (Fsp3) is 0.333. The number of rotatable bonds is 6. The molecular weight excluding hydrogens is 344 g/mol. The van der Waals surface area contributed by atoms with Gasteiger partial charge in [-0.2, -0.15) is 4.98 Å². The molecule has 0 unspecified atom stereocenters. The second-order valence-corrected chi connectivity index (χ2v) is 6.51. The highest BCUT2D eigenvalue weighted by molar-refractivity contribution is 5.43. The van der Waals surface area contributed by atoms with Gasteiger partial charge in [0.05, 0.1) is 14.2 Å². The summed E-state index contributed by atoms with van der Waals surface area (Å²) in [4.78, 5) is 4.59. The summed E-state index contributed by atoms with van der Waals surface area (Å²) in [6.07, 6.45) is 1.30. The lowest BCUT2D eigenvalue weighted by Crippen LogP contribution is -2.06. The maximum absolute atomic E-state index is 5.90. The van der Waals surface area contributed by atoms with Crippen molar-refractivity contribution in [2.24, 2.45) is 0 Å². The van der Waals surface area contributed by atoms with Crippen molar-refractivity contribution >= 4 is 0 Å². The average Bonchev–Trinajstić information content (AvgIpc) is 3.38. The Kier molecular flexibility index (Phi) is 5.07. The van der Waals surface area contributed by atoms with Crippen LogP contribution in [0.3, 0.4) is 0 Å². The first-order valence-electron chi connectivity index (χ1n) is 8.98. The molecule has 0 bridgehead atoms. The van der Waals surface area contributed by atoms with E-state index >= 15 is 0 Å². The molecule has 0 amide bonds. The molecule has 0 aliphatic carbocycles. The van der Waals surface area contributed by atoms with E-state index in [-0.39, 0.29) is 12.0 Å². The monoisotopic (exact) mass is 366 g/mol. The van der Waals surface area contributed by atoms with Gasteiger partial charge in [-0.3, -0.25) is 0 Å². The van der Waals surface area contributed by atoms with Crippen molar-refractivity contribution in [3.05, 3.63) is 71.4 Å². The molecule has 3 aromatic rings. The molecule has 1 saturated heterocycles. The van der Waals surface area contributed by atoms with Crippen molar-refractivity contribution in [2.45, 2.75) is 24.9 Å². The molecule has 0 radical (unpaired) electrons. The summed E-state index contributed by atoms with van der Waals surface area (Å²) < 4.78 is 22.1. The minimum absolute atomic E-state index is 0.195. The third-order valence-corrected chi connectivity index (χ3v) is 4.86. The molecular formula is C21H22N2O4. The van der Waals surface area contributed by atoms with Crippen molar-refractivity contribution < 1.29 is 18.7 Å². The van der Waals surface area contributed by atoms with Crippen molar-refractivity contribution in [3.8, 4) is 11.5 Å². The first-order valence-corrected chi connectivity index (χ1v) is 8.98. The van der Waals surface area contributed by atoms with Gasteiger partial charge >= 0.3 is 0 Å². The van der Waals surface area contributed by atoms with Gasteiger partial charge in [0, 0.05) is 18.9 Å². The first-order chi connectivity index (χ1) is 13.3. The van der Waals surface area contributed by atoms with Crippen LogP contribution >= 0.6 is 0 Å². The summed E-state index contributed by atoms with van der Waals surface area (Å²) >= 11 is 0. The summed E-state index contributed by atoms with van der Waals surface area (Å²) in [6.45, 7) is 0.692. The average molecular weight is 366 g/mol. The molecule has 0 N–H and O–H groups in total. The third kappa shape index (κ3) is 3.66. The minimum Gasteiger partial charge on any atom is -0.493 e. The number of methoxy groups -OCH3 is 2. The van der Waals surface area contributed by atoms with Crippen LogP contribution in [0.15, 0.2) is 53.1 Å². The second kappa shape index (κ2) is 7.80. The van der Waals surface area contributed by atoms with Gasteiger partial charge in [-0.15, -0.1) is 0 Å². The molecule has 0 saturated carbocycles. The van der Waals surface area contributed by atoms with Gasteiger partial charge in [-0.25, -0.2) is 0 Å². The lowest BCUT2D eigenvalue weighted by Gasteiger charge is -2.14. The molecule has 1 aliphatic rings. The summed E-state index contributed by atoms with van der Waals surface area (Å²) in [5.41, 5.74) is 2.26. The molecule has 6 nitrogen and oxygen atoms in total. The molecule has 1 aliphatic heterocycles. The van der Waals surface area contributed by atoms with E-state index in [0.717, 1.165) is 12.0 Å². The van der Waals surface area contributed by atoms with Crippen LogP contribution in [0.4, 0.5) is 0 Å². The predicted molar refractivity (Wildman–Crippen MR) is 99.1 cm³/mol. The van der Waals surface area contributed by atoms with Crippen molar-refractivity contribution in [3.63, 3.8) is 0 Å². The lowest BCUT2D eigenvalue weighted by molar-refractivity contribution is 0.0758. The van der Waals surface area contributed by atoms with E-state index in [4.69, 9.17) is 18.7 Å². The zero-order chi connectivity index (χ0) is 18.6. The first kappa shape index (κ1) is 17.5. The van der Waals surface area contributed by atoms with Crippen LogP contribution in [-0.2, 0) is 11.2 Å². The summed E-state index contributed by atoms with van der Waals surface area (Å²) in [5, 5.41) is 4.14. The summed E-state index contributed by atoms with van der Waals surface area (Å²) in [7, 11) is 3.24. The zero-order valence-corrected chi connectivity index (χ0v) is 15.4. The van der Waals surface area contributed by atoms with E-state index in [1.54, 1.807) is 14.2 Å². The zero-order valence-electron chi connectivity index (χ0n) is 15.4. The van der Waals surface area contributed by atoms with Crippen molar-refractivity contribution in [1.29, 1.82) is 0 Å². The molecule has 1 fully saturated rings. The summed E-state index contributed by atoms with van der Waals surface area (Å²) in [6, 6.07) is 16.1. The highest BCUT2D eigenvalue weighted by Gasteiger charge is 2.35. The van der Waals surface area contributed by atoms with Gasteiger partial charge in [0.15, 0.2) is 17.3 Å². The number of nitrogens with zero attached hydrogens (tertiary/aromatic N) is 2. The topological polar surface area (TPSA) is 66.6 Å². The molecule has 4 rings (SSSR count). The fourth-order valence-electron chi connectivity index (χ4n) is 3.50. The molecule has 0 spiro atoms. The summed E-state index contributed by atoms with van der Waals surface area (Å²) in [5.74, 6) is 2.78.